The Bertz CT molecular complexity index is 828. The van der Waals surface area contributed by atoms with Gasteiger partial charge in [0.1, 0.15) is 11.6 Å². The Kier molecular flexibility index (Phi) is 5.30. The molecule has 3 rings (SSSR count). The van der Waals surface area contributed by atoms with Gasteiger partial charge in [-0.25, -0.2) is 4.68 Å². The Morgan fingerprint density at radius 1 is 1.20 bits per heavy atom. The molecule has 0 saturated heterocycles. The summed E-state index contributed by atoms with van der Waals surface area (Å²) in [5, 5.41) is 17.2. The molecule has 0 aliphatic rings. The first-order valence-corrected chi connectivity index (χ1v) is 8.18. The fraction of sp³-hybridized carbons (Fsp3) is 0.263. The van der Waals surface area contributed by atoms with Gasteiger partial charge >= 0.3 is 0 Å². The Morgan fingerprint density at radius 2 is 2.08 bits per heavy atom. The van der Waals surface area contributed by atoms with Crippen molar-refractivity contribution in [2.75, 3.05) is 19.0 Å². The molecular weight excluding hydrogens is 316 g/mol. The van der Waals surface area contributed by atoms with Crippen LogP contribution in [0.2, 0.25) is 0 Å². The number of aromatic nitrogens is 3. The number of rotatable bonds is 7. The van der Waals surface area contributed by atoms with Crippen LogP contribution in [0.4, 0.5) is 5.82 Å². The molecule has 0 atom stereocenters. The summed E-state index contributed by atoms with van der Waals surface area (Å²) in [6, 6.07) is 13.8. The van der Waals surface area contributed by atoms with Gasteiger partial charge < -0.3 is 15.2 Å². The molecule has 2 heterocycles. The Balaban J connectivity index is 1.82. The maximum Gasteiger partial charge on any atom is 0.125 e. The van der Waals surface area contributed by atoms with Crippen molar-refractivity contribution in [1.82, 2.24) is 14.8 Å². The van der Waals surface area contributed by atoms with Gasteiger partial charge in [-0.15, -0.1) is 0 Å². The second-order valence-corrected chi connectivity index (χ2v) is 5.77. The molecule has 0 spiro atoms. The Hall–Kier alpha value is -2.86. The zero-order valence-electron chi connectivity index (χ0n) is 14.4. The minimum Gasteiger partial charge on any atom is -0.497 e. The van der Waals surface area contributed by atoms with Crippen molar-refractivity contribution in [2.45, 2.75) is 20.0 Å². The molecule has 0 unspecified atom stereocenters. The highest BCUT2D eigenvalue weighted by atomic mass is 16.5. The van der Waals surface area contributed by atoms with Crippen LogP contribution in [0, 0.1) is 6.92 Å². The van der Waals surface area contributed by atoms with Gasteiger partial charge in [0.2, 0.25) is 0 Å². The van der Waals surface area contributed by atoms with Gasteiger partial charge in [-0.3, -0.25) is 4.98 Å². The van der Waals surface area contributed by atoms with Gasteiger partial charge in [-0.2, -0.15) is 5.10 Å². The molecule has 0 bridgehead atoms. The van der Waals surface area contributed by atoms with E-state index in [-0.39, 0.29) is 6.61 Å². The molecule has 0 amide bonds. The molecule has 6 heteroatoms. The molecule has 0 fully saturated rings. The van der Waals surface area contributed by atoms with Crippen molar-refractivity contribution in [2.24, 2.45) is 0 Å². The predicted molar refractivity (Wildman–Crippen MR) is 97.6 cm³/mol. The Morgan fingerprint density at radius 3 is 2.80 bits per heavy atom. The summed E-state index contributed by atoms with van der Waals surface area (Å²) in [6.07, 6.45) is 1.85. The van der Waals surface area contributed by atoms with Gasteiger partial charge in [-0.05, 0) is 30.7 Å². The van der Waals surface area contributed by atoms with E-state index >= 15 is 0 Å². The lowest BCUT2D eigenvalue weighted by Gasteiger charge is -2.08. The summed E-state index contributed by atoms with van der Waals surface area (Å²) in [5.74, 6) is 1.63. The number of hydrogen-bond acceptors (Lipinski definition) is 5. The number of nitrogens with one attached hydrogen (secondary N) is 1. The lowest BCUT2D eigenvalue weighted by molar-refractivity contribution is 0.270. The third-order valence-corrected chi connectivity index (χ3v) is 3.88. The van der Waals surface area contributed by atoms with E-state index in [1.807, 2.05) is 55.6 Å². The molecule has 2 N–H and O–H groups in total. The molecule has 0 radical (unpaired) electrons. The third kappa shape index (κ3) is 4.16. The first kappa shape index (κ1) is 17.0. The quantitative estimate of drug-likeness (QED) is 0.693. The molecule has 0 aliphatic heterocycles. The monoisotopic (exact) mass is 338 g/mol. The first-order chi connectivity index (χ1) is 12.2. The average Bonchev–Trinajstić information content (AvgIpc) is 3.05. The maximum atomic E-state index is 9.30. The molecular formula is C19H22N4O2. The summed E-state index contributed by atoms with van der Waals surface area (Å²) < 4.78 is 7.04. The zero-order valence-corrected chi connectivity index (χ0v) is 14.4. The van der Waals surface area contributed by atoms with E-state index in [0.717, 1.165) is 34.1 Å². The van der Waals surface area contributed by atoms with Gasteiger partial charge in [-0.1, -0.05) is 18.2 Å². The number of pyridine rings is 1. The van der Waals surface area contributed by atoms with Crippen LogP contribution in [-0.4, -0.2) is 33.6 Å². The normalized spacial score (nSPS) is 10.7. The minimum absolute atomic E-state index is 0.0245. The van der Waals surface area contributed by atoms with Crippen LogP contribution < -0.4 is 10.1 Å². The van der Waals surface area contributed by atoms with Crippen LogP contribution in [0.15, 0.2) is 48.7 Å². The maximum absolute atomic E-state index is 9.30. The SMILES string of the molecule is COc1cccc(-c2cc(NCc3ccc(C)cn3)n(CCO)n2)c1. The van der Waals surface area contributed by atoms with Crippen molar-refractivity contribution in [3.63, 3.8) is 0 Å². The number of aliphatic hydroxyl groups excluding tert-OH is 1. The highest BCUT2D eigenvalue weighted by Crippen LogP contribution is 2.25. The van der Waals surface area contributed by atoms with Crippen LogP contribution in [0.1, 0.15) is 11.3 Å². The molecule has 25 heavy (non-hydrogen) atoms. The van der Waals surface area contributed by atoms with Crippen LogP contribution in [0.5, 0.6) is 5.75 Å². The number of methoxy groups -OCH3 is 1. The van der Waals surface area contributed by atoms with E-state index < -0.39 is 0 Å². The lowest BCUT2D eigenvalue weighted by Crippen LogP contribution is -2.10. The molecule has 2 aromatic heterocycles. The largest absolute Gasteiger partial charge is 0.497 e. The number of anilines is 1. The predicted octanol–water partition coefficient (Wildman–Crippen LogP) is 2.87. The van der Waals surface area contributed by atoms with Crippen molar-refractivity contribution in [3.05, 3.63) is 59.9 Å². The number of aryl methyl sites for hydroxylation is 1. The standard InChI is InChI=1S/C19H22N4O2/c1-14-6-7-16(20-12-14)13-21-19-11-18(22-23(19)8-9-24)15-4-3-5-17(10-15)25-2/h3-7,10-12,21,24H,8-9,13H2,1-2H3. The zero-order chi connectivity index (χ0) is 17.6. The summed E-state index contributed by atoms with van der Waals surface area (Å²) >= 11 is 0. The number of aliphatic hydroxyl groups is 1. The molecule has 130 valence electrons. The van der Waals surface area contributed by atoms with E-state index in [1.54, 1.807) is 11.8 Å². The summed E-state index contributed by atoms with van der Waals surface area (Å²) in [6.45, 7) is 3.06. The molecule has 0 saturated carbocycles. The van der Waals surface area contributed by atoms with Gasteiger partial charge in [0.25, 0.3) is 0 Å². The van der Waals surface area contributed by atoms with E-state index in [4.69, 9.17) is 4.74 Å². The second-order valence-electron chi connectivity index (χ2n) is 5.77. The van der Waals surface area contributed by atoms with E-state index in [1.165, 1.54) is 0 Å². The average molecular weight is 338 g/mol. The fourth-order valence-electron chi connectivity index (χ4n) is 2.53. The first-order valence-electron chi connectivity index (χ1n) is 8.18. The highest BCUT2D eigenvalue weighted by molar-refractivity contribution is 5.64. The molecule has 0 aliphatic carbocycles. The highest BCUT2D eigenvalue weighted by Gasteiger charge is 2.10. The van der Waals surface area contributed by atoms with Gasteiger partial charge in [0, 0.05) is 17.8 Å². The van der Waals surface area contributed by atoms with Crippen LogP contribution >= 0.6 is 0 Å². The van der Waals surface area contributed by atoms with E-state index in [0.29, 0.717) is 13.1 Å². The Labute approximate surface area is 147 Å². The topological polar surface area (TPSA) is 72.2 Å². The van der Waals surface area contributed by atoms with Crippen LogP contribution in [-0.2, 0) is 13.1 Å². The summed E-state index contributed by atoms with van der Waals surface area (Å²) in [5.41, 5.74) is 3.87. The van der Waals surface area contributed by atoms with Crippen LogP contribution in [0.25, 0.3) is 11.3 Å². The lowest BCUT2D eigenvalue weighted by atomic mass is 10.1. The van der Waals surface area contributed by atoms with Crippen molar-refractivity contribution >= 4 is 5.82 Å². The summed E-state index contributed by atoms with van der Waals surface area (Å²) in [7, 11) is 1.64. The molecule has 3 aromatic rings. The van der Waals surface area contributed by atoms with Crippen molar-refractivity contribution < 1.29 is 9.84 Å². The third-order valence-electron chi connectivity index (χ3n) is 3.88. The van der Waals surface area contributed by atoms with Gasteiger partial charge in [0.05, 0.1) is 38.2 Å². The summed E-state index contributed by atoms with van der Waals surface area (Å²) in [4.78, 5) is 4.40. The van der Waals surface area contributed by atoms with Crippen molar-refractivity contribution in [3.8, 4) is 17.0 Å². The molecule has 1 aromatic carbocycles. The van der Waals surface area contributed by atoms with Crippen molar-refractivity contribution in [1.29, 1.82) is 0 Å². The smallest absolute Gasteiger partial charge is 0.125 e. The van der Waals surface area contributed by atoms with Gasteiger partial charge in [0.15, 0.2) is 0 Å². The number of nitrogens with zero attached hydrogens (tertiary/aromatic N) is 3. The minimum atomic E-state index is 0.0245. The van der Waals surface area contributed by atoms with E-state index in [9.17, 15) is 5.11 Å². The number of benzene rings is 1. The van der Waals surface area contributed by atoms with Crippen LogP contribution in [0.3, 0.4) is 0 Å². The number of ether oxygens (including phenoxy) is 1. The fourth-order valence-corrected chi connectivity index (χ4v) is 2.53. The second kappa shape index (κ2) is 7.81. The number of hydrogen-bond donors (Lipinski definition) is 2. The van der Waals surface area contributed by atoms with E-state index in [2.05, 4.69) is 15.4 Å². The molecule has 6 nitrogen and oxygen atoms in total.